The van der Waals surface area contributed by atoms with Gasteiger partial charge in [-0.3, -0.25) is 9.59 Å². The number of benzene rings is 2. The third kappa shape index (κ3) is 4.35. The number of ether oxygens (including phenoxy) is 2. The SMILES string of the molecule is CC(=O)Nc1ccc(/C=N\NC(=O)[C@H]2COc3ccccc3O2)cc1. The molecule has 2 amide bonds. The molecule has 128 valence electrons. The number of carbonyl (C=O) groups is 2. The quantitative estimate of drug-likeness (QED) is 0.658. The van der Waals surface area contributed by atoms with Gasteiger partial charge in [-0.2, -0.15) is 5.10 Å². The highest BCUT2D eigenvalue weighted by Crippen LogP contribution is 2.30. The number of hydrogen-bond donors (Lipinski definition) is 2. The zero-order valence-corrected chi connectivity index (χ0v) is 13.6. The molecule has 0 unspecified atom stereocenters. The number of hydrazone groups is 1. The van der Waals surface area contributed by atoms with Gasteiger partial charge in [-0.1, -0.05) is 24.3 Å². The van der Waals surface area contributed by atoms with Gasteiger partial charge < -0.3 is 14.8 Å². The molecular weight excluding hydrogens is 322 g/mol. The van der Waals surface area contributed by atoms with Crippen molar-refractivity contribution in [3.05, 3.63) is 54.1 Å². The first kappa shape index (κ1) is 16.5. The van der Waals surface area contributed by atoms with Gasteiger partial charge in [0.05, 0.1) is 6.21 Å². The summed E-state index contributed by atoms with van der Waals surface area (Å²) in [6.45, 7) is 1.57. The van der Waals surface area contributed by atoms with Crippen molar-refractivity contribution in [3.63, 3.8) is 0 Å². The number of rotatable bonds is 4. The standard InChI is InChI=1S/C18H17N3O4/c1-12(22)20-14-8-6-13(7-9-14)10-19-21-18(23)17-11-24-15-4-2-3-5-16(15)25-17/h2-10,17H,11H2,1H3,(H,20,22)(H,21,23)/b19-10-/t17-/m1/s1. The van der Waals surface area contributed by atoms with Crippen molar-refractivity contribution in [2.45, 2.75) is 13.0 Å². The van der Waals surface area contributed by atoms with Crippen LogP contribution in [0.3, 0.4) is 0 Å². The van der Waals surface area contributed by atoms with Crippen LogP contribution in [-0.2, 0) is 9.59 Å². The smallest absolute Gasteiger partial charge is 0.284 e. The average molecular weight is 339 g/mol. The van der Waals surface area contributed by atoms with Crippen LogP contribution in [0.4, 0.5) is 5.69 Å². The summed E-state index contributed by atoms with van der Waals surface area (Å²) in [5.74, 6) is 0.631. The lowest BCUT2D eigenvalue weighted by molar-refractivity contribution is -0.130. The molecule has 0 fully saturated rings. The van der Waals surface area contributed by atoms with Crippen molar-refractivity contribution in [3.8, 4) is 11.5 Å². The Morgan fingerprint density at radius 1 is 1.12 bits per heavy atom. The fourth-order valence-corrected chi connectivity index (χ4v) is 2.25. The van der Waals surface area contributed by atoms with E-state index in [-0.39, 0.29) is 18.4 Å². The summed E-state index contributed by atoms with van der Waals surface area (Å²) in [4.78, 5) is 23.1. The van der Waals surface area contributed by atoms with E-state index in [1.54, 1.807) is 36.4 Å². The van der Waals surface area contributed by atoms with Crippen LogP contribution in [0.15, 0.2) is 53.6 Å². The molecule has 0 saturated heterocycles. The maximum Gasteiger partial charge on any atom is 0.284 e. The zero-order chi connectivity index (χ0) is 17.6. The largest absolute Gasteiger partial charge is 0.485 e. The van der Waals surface area contributed by atoms with Gasteiger partial charge in [0.1, 0.15) is 6.61 Å². The van der Waals surface area contributed by atoms with Crippen LogP contribution in [0.2, 0.25) is 0 Å². The summed E-state index contributed by atoms with van der Waals surface area (Å²) < 4.78 is 11.1. The Bertz CT molecular complexity index is 802. The fourth-order valence-electron chi connectivity index (χ4n) is 2.25. The van der Waals surface area contributed by atoms with Crippen LogP contribution >= 0.6 is 0 Å². The van der Waals surface area contributed by atoms with Crippen molar-refractivity contribution >= 4 is 23.7 Å². The third-order valence-corrected chi connectivity index (χ3v) is 3.42. The number of anilines is 1. The Kier molecular flexibility index (Phi) is 4.94. The number of carbonyl (C=O) groups excluding carboxylic acids is 2. The molecular formula is C18H17N3O4. The van der Waals surface area contributed by atoms with Crippen molar-refractivity contribution in [2.24, 2.45) is 5.10 Å². The van der Waals surface area contributed by atoms with Crippen LogP contribution in [-0.4, -0.2) is 30.7 Å². The Labute approximate surface area is 144 Å². The molecule has 0 aliphatic carbocycles. The second-order valence-electron chi connectivity index (χ2n) is 5.40. The van der Waals surface area contributed by atoms with Gasteiger partial charge >= 0.3 is 0 Å². The molecule has 1 aliphatic rings. The second kappa shape index (κ2) is 7.48. The van der Waals surface area contributed by atoms with E-state index in [0.29, 0.717) is 17.2 Å². The van der Waals surface area contributed by atoms with Crippen molar-refractivity contribution < 1.29 is 19.1 Å². The van der Waals surface area contributed by atoms with E-state index in [9.17, 15) is 9.59 Å². The molecule has 2 N–H and O–H groups in total. The topological polar surface area (TPSA) is 89.0 Å². The molecule has 3 rings (SSSR count). The first-order valence-corrected chi connectivity index (χ1v) is 7.71. The third-order valence-electron chi connectivity index (χ3n) is 3.42. The monoisotopic (exact) mass is 339 g/mol. The van der Waals surface area contributed by atoms with E-state index in [0.717, 1.165) is 5.56 Å². The van der Waals surface area contributed by atoms with E-state index in [4.69, 9.17) is 9.47 Å². The molecule has 7 heteroatoms. The average Bonchev–Trinajstić information content (AvgIpc) is 2.62. The molecule has 0 aromatic heterocycles. The molecule has 0 spiro atoms. The summed E-state index contributed by atoms with van der Waals surface area (Å²) in [6, 6.07) is 14.2. The predicted octanol–water partition coefficient (Wildman–Crippen LogP) is 1.94. The van der Waals surface area contributed by atoms with E-state index < -0.39 is 6.10 Å². The molecule has 0 bridgehead atoms. The number of fused-ring (bicyclic) bond motifs is 1. The first-order valence-electron chi connectivity index (χ1n) is 7.71. The highest BCUT2D eigenvalue weighted by atomic mass is 16.6. The van der Waals surface area contributed by atoms with Gasteiger partial charge in [-0.15, -0.1) is 0 Å². The second-order valence-corrected chi connectivity index (χ2v) is 5.40. The highest BCUT2D eigenvalue weighted by molar-refractivity contribution is 5.89. The minimum atomic E-state index is -0.755. The summed E-state index contributed by atoms with van der Waals surface area (Å²) in [5, 5.41) is 6.59. The summed E-state index contributed by atoms with van der Waals surface area (Å²) in [5.41, 5.74) is 3.91. The fraction of sp³-hybridized carbons (Fsp3) is 0.167. The van der Waals surface area contributed by atoms with Gasteiger partial charge in [0, 0.05) is 12.6 Å². The lowest BCUT2D eigenvalue weighted by Crippen LogP contribution is -2.42. The van der Waals surface area contributed by atoms with Gasteiger partial charge in [0.25, 0.3) is 5.91 Å². The molecule has 0 saturated carbocycles. The van der Waals surface area contributed by atoms with Crippen LogP contribution in [0.25, 0.3) is 0 Å². The molecule has 0 radical (unpaired) electrons. The van der Waals surface area contributed by atoms with Crippen molar-refractivity contribution in [2.75, 3.05) is 11.9 Å². The van der Waals surface area contributed by atoms with Gasteiger partial charge in [-0.25, -0.2) is 5.43 Å². The van der Waals surface area contributed by atoms with E-state index in [1.807, 2.05) is 12.1 Å². The minimum Gasteiger partial charge on any atom is -0.485 e. The number of amides is 2. The van der Waals surface area contributed by atoms with Crippen molar-refractivity contribution in [1.82, 2.24) is 5.43 Å². The Balaban J connectivity index is 1.54. The molecule has 7 nitrogen and oxygen atoms in total. The van der Waals surface area contributed by atoms with Crippen LogP contribution in [0.1, 0.15) is 12.5 Å². The van der Waals surface area contributed by atoms with Gasteiger partial charge in [0.2, 0.25) is 12.0 Å². The normalized spacial score (nSPS) is 15.6. The summed E-state index contributed by atoms with van der Waals surface area (Å²) in [7, 11) is 0. The number of para-hydroxylation sites is 2. The van der Waals surface area contributed by atoms with Crippen LogP contribution in [0, 0.1) is 0 Å². The van der Waals surface area contributed by atoms with E-state index in [2.05, 4.69) is 15.8 Å². The van der Waals surface area contributed by atoms with Crippen molar-refractivity contribution in [1.29, 1.82) is 0 Å². The molecule has 1 aliphatic heterocycles. The maximum atomic E-state index is 12.1. The maximum absolute atomic E-state index is 12.1. The Morgan fingerprint density at radius 2 is 1.84 bits per heavy atom. The Morgan fingerprint density at radius 3 is 2.56 bits per heavy atom. The van der Waals surface area contributed by atoms with E-state index in [1.165, 1.54) is 13.1 Å². The lowest BCUT2D eigenvalue weighted by atomic mass is 10.2. The van der Waals surface area contributed by atoms with Gasteiger partial charge in [0.15, 0.2) is 11.5 Å². The molecule has 2 aromatic carbocycles. The predicted molar refractivity (Wildman–Crippen MR) is 92.8 cm³/mol. The molecule has 25 heavy (non-hydrogen) atoms. The zero-order valence-electron chi connectivity index (χ0n) is 13.6. The number of nitrogens with one attached hydrogen (secondary N) is 2. The first-order chi connectivity index (χ1) is 12.1. The minimum absolute atomic E-state index is 0.129. The molecule has 2 aromatic rings. The summed E-state index contributed by atoms with van der Waals surface area (Å²) >= 11 is 0. The van der Waals surface area contributed by atoms with Crippen LogP contribution in [0.5, 0.6) is 11.5 Å². The number of nitrogens with zero attached hydrogens (tertiary/aromatic N) is 1. The van der Waals surface area contributed by atoms with E-state index >= 15 is 0 Å². The number of hydrogen-bond acceptors (Lipinski definition) is 5. The molecule has 1 heterocycles. The lowest BCUT2D eigenvalue weighted by Gasteiger charge is -2.24. The Hall–Kier alpha value is -3.35. The summed E-state index contributed by atoms with van der Waals surface area (Å²) in [6.07, 6.45) is 0.752. The highest BCUT2D eigenvalue weighted by Gasteiger charge is 2.26. The van der Waals surface area contributed by atoms with Crippen LogP contribution < -0.4 is 20.2 Å². The molecule has 1 atom stereocenters. The van der Waals surface area contributed by atoms with Gasteiger partial charge in [-0.05, 0) is 29.8 Å².